The van der Waals surface area contributed by atoms with Crippen LogP contribution in [0.4, 0.5) is 0 Å². The Kier molecular flexibility index (Phi) is 11.9. The number of unbranched alkanes of at least 4 members (excludes halogenated alkanes) is 3. The van der Waals surface area contributed by atoms with E-state index in [1.165, 1.54) is 0 Å². The van der Waals surface area contributed by atoms with Gasteiger partial charge in [-0.2, -0.15) is 0 Å². The van der Waals surface area contributed by atoms with Crippen molar-refractivity contribution in [3.63, 3.8) is 0 Å². The summed E-state index contributed by atoms with van der Waals surface area (Å²) in [4.78, 5) is 0. The molecule has 144 valence electrons. The van der Waals surface area contributed by atoms with Crippen LogP contribution in [0.5, 0.6) is 0 Å². The summed E-state index contributed by atoms with van der Waals surface area (Å²) in [5.41, 5.74) is 0. The maximum Gasteiger partial charge on any atom is 0.115 e. The molecular weight excluding hydrogens is 308 g/mol. The van der Waals surface area contributed by atoms with Crippen LogP contribution < -0.4 is 0 Å². The first-order valence-electron chi connectivity index (χ1n) is 9.80. The van der Waals surface area contributed by atoms with E-state index in [9.17, 15) is 5.11 Å². The highest BCUT2D eigenvalue weighted by Crippen LogP contribution is 2.28. The topological polar surface area (TPSA) is 57.2 Å². The molecule has 0 bridgehead atoms. The molecule has 1 heterocycles. The highest BCUT2D eigenvalue weighted by molar-refractivity contribution is 4.94. The molecule has 0 aromatic rings. The number of rotatable bonds is 13. The van der Waals surface area contributed by atoms with Crippen molar-refractivity contribution in [3.05, 3.63) is 0 Å². The van der Waals surface area contributed by atoms with Crippen molar-refractivity contribution in [3.8, 4) is 0 Å². The number of hydrogen-bond acceptors (Lipinski definition) is 5. The largest absolute Gasteiger partial charge is 0.394 e. The zero-order chi connectivity index (χ0) is 17.8. The number of aliphatic hydroxyl groups is 1. The molecule has 1 rings (SSSR count). The van der Waals surface area contributed by atoms with E-state index in [-0.39, 0.29) is 37.1 Å². The summed E-state index contributed by atoms with van der Waals surface area (Å²) in [5.74, 6) is 0. The van der Waals surface area contributed by atoms with Crippen LogP contribution in [0.25, 0.3) is 0 Å². The number of hydrogen-bond donors (Lipinski definition) is 1. The minimum absolute atomic E-state index is 0.0591. The molecule has 0 saturated carbocycles. The zero-order valence-electron chi connectivity index (χ0n) is 16.0. The van der Waals surface area contributed by atoms with Gasteiger partial charge in [-0.25, -0.2) is 0 Å². The van der Waals surface area contributed by atoms with Crippen LogP contribution in [0.3, 0.4) is 0 Å². The van der Waals surface area contributed by atoms with Crippen LogP contribution in [-0.2, 0) is 18.9 Å². The summed E-state index contributed by atoms with van der Waals surface area (Å²) in [6.45, 7) is 10.4. The van der Waals surface area contributed by atoms with Gasteiger partial charge < -0.3 is 24.1 Å². The van der Waals surface area contributed by atoms with Crippen molar-refractivity contribution in [1.82, 2.24) is 0 Å². The predicted octanol–water partition coefficient (Wildman–Crippen LogP) is 3.32. The Morgan fingerprint density at radius 1 is 0.750 bits per heavy atom. The smallest absolute Gasteiger partial charge is 0.115 e. The number of aliphatic hydroxyl groups excluding tert-OH is 1. The van der Waals surface area contributed by atoms with E-state index < -0.39 is 0 Å². The van der Waals surface area contributed by atoms with Gasteiger partial charge in [-0.05, 0) is 26.2 Å². The lowest BCUT2D eigenvalue weighted by molar-refractivity contribution is -0.259. The van der Waals surface area contributed by atoms with Crippen LogP contribution in [0.1, 0.15) is 66.2 Å². The Morgan fingerprint density at radius 3 is 1.67 bits per heavy atom. The highest BCUT2D eigenvalue weighted by atomic mass is 16.6. The fraction of sp³-hybridized carbons (Fsp3) is 1.00. The normalized spacial score (nSPS) is 30.6. The molecule has 1 aliphatic rings. The molecular formula is C19H38O5. The molecule has 1 aliphatic heterocycles. The van der Waals surface area contributed by atoms with Gasteiger partial charge in [0.05, 0.1) is 12.7 Å². The first kappa shape index (κ1) is 21.8. The average molecular weight is 347 g/mol. The fourth-order valence-electron chi connectivity index (χ4n) is 2.96. The van der Waals surface area contributed by atoms with Gasteiger partial charge in [-0.1, -0.05) is 40.0 Å². The summed E-state index contributed by atoms with van der Waals surface area (Å²) in [7, 11) is 0. The van der Waals surface area contributed by atoms with E-state index >= 15 is 0 Å². The zero-order valence-corrected chi connectivity index (χ0v) is 16.0. The Bertz CT molecular complexity index is 299. The lowest BCUT2D eigenvalue weighted by Gasteiger charge is -2.45. The SMILES string of the molecule is CCCCOC1[C@H](OCCCC)C(C)OC(CO)[C@@H]1OCCCC. The van der Waals surface area contributed by atoms with Crippen LogP contribution in [0, 0.1) is 0 Å². The van der Waals surface area contributed by atoms with Gasteiger partial charge >= 0.3 is 0 Å². The van der Waals surface area contributed by atoms with Crippen molar-refractivity contribution in [2.24, 2.45) is 0 Å². The van der Waals surface area contributed by atoms with Gasteiger partial charge in [-0.3, -0.25) is 0 Å². The monoisotopic (exact) mass is 346 g/mol. The van der Waals surface area contributed by atoms with Gasteiger partial charge in [0.1, 0.15) is 24.4 Å². The standard InChI is InChI=1S/C19H38O5/c1-5-8-11-21-17-15(4)24-16(14-20)18(22-12-9-6-2)19(17)23-13-10-7-3/h15-20H,5-14H2,1-4H3/t15?,16?,17-,18+,19?/m1/s1. The van der Waals surface area contributed by atoms with Gasteiger partial charge in [0.25, 0.3) is 0 Å². The lowest BCUT2D eigenvalue weighted by Crippen LogP contribution is -2.60. The van der Waals surface area contributed by atoms with Gasteiger partial charge in [0.15, 0.2) is 0 Å². The molecule has 0 radical (unpaired) electrons. The predicted molar refractivity (Wildman–Crippen MR) is 95.4 cm³/mol. The number of ether oxygens (including phenoxy) is 4. The maximum atomic E-state index is 9.72. The van der Waals surface area contributed by atoms with Crippen molar-refractivity contribution in [2.75, 3.05) is 26.4 Å². The Morgan fingerprint density at radius 2 is 1.21 bits per heavy atom. The van der Waals surface area contributed by atoms with E-state index in [2.05, 4.69) is 20.8 Å². The van der Waals surface area contributed by atoms with Crippen LogP contribution in [-0.4, -0.2) is 62.1 Å². The van der Waals surface area contributed by atoms with Crippen LogP contribution in [0.2, 0.25) is 0 Å². The molecule has 1 saturated heterocycles. The average Bonchev–Trinajstić information content (AvgIpc) is 2.58. The molecule has 5 heteroatoms. The van der Waals surface area contributed by atoms with Crippen LogP contribution in [0.15, 0.2) is 0 Å². The third-order valence-corrected chi connectivity index (χ3v) is 4.47. The molecule has 5 atom stereocenters. The van der Waals surface area contributed by atoms with E-state index in [0.717, 1.165) is 38.5 Å². The van der Waals surface area contributed by atoms with Crippen molar-refractivity contribution in [2.45, 2.75) is 96.7 Å². The molecule has 1 N–H and O–H groups in total. The molecule has 5 nitrogen and oxygen atoms in total. The highest BCUT2D eigenvalue weighted by Gasteiger charge is 2.46. The summed E-state index contributed by atoms with van der Waals surface area (Å²) >= 11 is 0. The third kappa shape index (κ3) is 6.96. The quantitative estimate of drug-likeness (QED) is 0.519. The molecule has 0 amide bonds. The van der Waals surface area contributed by atoms with E-state index in [1.54, 1.807) is 0 Å². The maximum absolute atomic E-state index is 9.72. The van der Waals surface area contributed by atoms with Gasteiger partial charge in [0.2, 0.25) is 0 Å². The van der Waals surface area contributed by atoms with E-state index in [0.29, 0.717) is 19.8 Å². The second-order valence-corrected chi connectivity index (χ2v) is 6.63. The van der Waals surface area contributed by atoms with E-state index in [1.807, 2.05) is 6.92 Å². The minimum atomic E-state index is -0.352. The molecule has 1 fully saturated rings. The summed E-state index contributed by atoms with van der Waals surface area (Å²) in [6, 6.07) is 0. The first-order chi connectivity index (χ1) is 11.7. The minimum Gasteiger partial charge on any atom is -0.394 e. The van der Waals surface area contributed by atoms with Crippen molar-refractivity contribution in [1.29, 1.82) is 0 Å². The summed E-state index contributed by atoms with van der Waals surface area (Å²) < 4.78 is 24.3. The van der Waals surface area contributed by atoms with Crippen molar-refractivity contribution >= 4 is 0 Å². The van der Waals surface area contributed by atoms with E-state index in [4.69, 9.17) is 18.9 Å². The second kappa shape index (κ2) is 13.1. The molecule has 24 heavy (non-hydrogen) atoms. The second-order valence-electron chi connectivity index (χ2n) is 6.63. The molecule has 3 unspecified atom stereocenters. The van der Waals surface area contributed by atoms with Crippen LogP contribution >= 0.6 is 0 Å². The van der Waals surface area contributed by atoms with Crippen molar-refractivity contribution < 1.29 is 24.1 Å². The Labute approximate surface area is 148 Å². The Hall–Kier alpha value is -0.200. The van der Waals surface area contributed by atoms with Gasteiger partial charge in [-0.15, -0.1) is 0 Å². The molecule has 0 aliphatic carbocycles. The molecule has 0 aromatic heterocycles. The first-order valence-corrected chi connectivity index (χ1v) is 9.80. The van der Waals surface area contributed by atoms with Gasteiger partial charge in [0, 0.05) is 19.8 Å². The third-order valence-electron chi connectivity index (χ3n) is 4.47. The fourth-order valence-corrected chi connectivity index (χ4v) is 2.96. The summed E-state index contributed by atoms with van der Waals surface area (Å²) in [6.07, 6.45) is 5.21. The Balaban J connectivity index is 2.79. The molecule has 0 aromatic carbocycles. The molecule has 0 spiro atoms. The summed E-state index contributed by atoms with van der Waals surface area (Å²) in [5, 5.41) is 9.72. The lowest BCUT2D eigenvalue weighted by atomic mass is 9.95.